The Labute approximate surface area is 125 Å². The summed E-state index contributed by atoms with van der Waals surface area (Å²) in [6.45, 7) is 7.81. The lowest BCUT2D eigenvalue weighted by atomic mass is 10.0. The Hall–Kier alpha value is -0.540. The molecule has 1 fully saturated rings. The molecule has 1 unspecified atom stereocenters. The molecule has 0 aliphatic carbocycles. The highest BCUT2D eigenvalue weighted by Crippen LogP contribution is 2.30. The molecule has 1 heterocycles. The van der Waals surface area contributed by atoms with Crippen molar-refractivity contribution in [3.05, 3.63) is 28.2 Å². The summed E-state index contributed by atoms with van der Waals surface area (Å²) in [5.41, 5.74) is 2.83. The second kappa shape index (κ2) is 7.30. The molecule has 0 amide bonds. The Morgan fingerprint density at radius 1 is 1.37 bits per heavy atom. The summed E-state index contributed by atoms with van der Waals surface area (Å²) >= 11 is 3.60. The molecular weight excluding hydrogens is 300 g/mol. The molecule has 1 atom stereocenters. The van der Waals surface area contributed by atoms with Gasteiger partial charge in [0.1, 0.15) is 0 Å². The zero-order valence-corrected chi connectivity index (χ0v) is 13.7. The van der Waals surface area contributed by atoms with E-state index in [-0.39, 0.29) is 0 Å². The second-order valence-electron chi connectivity index (χ2n) is 5.49. The van der Waals surface area contributed by atoms with E-state index in [4.69, 9.17) is 0 Å². The van der Waals surface area contributed by atoms with Crippen molar-refractivity contribution in [3.63, 3.8) is 0 Å². The van der Waals surface area contributed by atoms with E-state index in [1.807, 2.05) is 0 Å². The Balaban J connectivity index is 2.17. The van der Waals surface area contributed by atoms with Crippen LogP contribution in [0, 0.1) is 0 Å². The molecule has 2 rings (SSSR count). The van der Waals surface area contributed by atoms with Gasteiger partial charge in [0.05, 0.1) is 0 Å². The minimum Gasteiger partial charge on any atom is -0.369 e. The lowest BCUT2D eigenvalue weighted by molar-refractivity contribution is 0.483. The van der Waals surface area contributed by atoms with Crippen molar-refractivity contribution in [2.75, 3.05) is 18.0 Å². The summed E-state index contributed by atoms with van der Waals surface area (Å²) in [4.78, 5) is 2.58. The van der Waals surface area contributed by atoms with Crippen LogP contribution < -0.4 is 10.2 Å². The van der Waals surface area contributed by atoms with Crippen LogP contribution in [-0.2, 0) is 6.54 Å². The average molecular weight is 325 g/mol. The second-order valence-corrected chi connectivity index (χ2v) is 6.40. The standard InChI is InChI=1S/C16H25BrN2/c1-3-9-18-12-14-11-15(17)7-8-16(14)19-10-5-4-6-13(19)2/h7-8,11,13,18H,3-6,9-10,12H2,1-2H3. The van der Waals surface area contributed by atoms with Gasteiger partial charge in [0.2, 0.25) is 0 Å². The molecule has 19 heavy (non-hydrogen) atoms. The van der Waals surface area contributed by atoms with E-state index in [1.165, 1.54) is 48.0 Å². The van der Waals surface area contributed by atoms with Crippen LogP contribution in [0.2, 0.25) is 0 Å². The van der Waals surface area contributed by atoms with Gasteiger partial charge in [-0.05, 0) is 62.9 Å². The van der Waals surface area contributed by atoms with Crippen LogP contribution in [0.4, 0.5) is 5.69 Å². The maximum Gasteiger partial charge on any atom is 0.0415 e. The van der Waals surface area contributed by atoms with Crippen LogP contribution in [0.25, 0.3) is 0 Å². The van der Waals surface area contributed by atoms with Crippen LogP contribution in [0.5, 0.6) is 0 Å². The molecule has 2 nitrogen and oxygen atoms in total. The summed E-state index contributed by atoms with van der Waals surface area (Å²) in [6, 6.07) is 7.37. The summed E-state index contributed by atoms with van der Waals surface area (Å²) in [5, 5.41) is 3.53. The molecular formula is C16H25BrN2. The fourth-order valence-corrected chi connectivity index (χ4v) is 3.24. The number of hydrogen-bond donors (Lipinski definition) is 1. The third kappa shape index (κ3) is 3.96. The normalized spacial score (nSPS) is 19.7. The number of benzene rings is 1. The SMILES string of the molecule is CCCNCc1cc(Br)ccc1N1CCCCC1C. The van der Waals surface area contributed by atoms with Crippen molar-refractivity contribution in [1.82, 2.24) is 5.32 Å². The average Bonchev–Trinajstić information content (AvgIpc) is 2.40. The number of halogens is 1. The summed E-state index contributed by atoms with van der Waals surface area (Å²) in [7, 11) is 0. The van der Waals surface area contributed by atoms with Gasteiger partial charge in [0.15, 0.2) is 0 Å². The lowest BCUT2D eigenvalue weighted by Crippen LogP contribution is -2.38. The zero-order chi connectivity index (χ0) is 13.7. The molecule has 106 valence electrons. The van der Waals surface area contributed by atoms with Gasteiger partial charge in [0.25, 0.3) is 0 Å². The Bertz CT molecular complexity index is 406. The summed E-state index contributed by atoms with van der Waals surface area (Å²) in [5.74, 6) is 0. The molecule has 0 aromatic heterocycles. The molecule has 3 heteroatoms. The number of rotatable bonds is 5. The van der Waals surface area contributed by atoms with Gasteiger partial charge in [0, 0.05) is 29.3 Å². The number of nitrogens with one attached hydrogen (secondary N) is 1. The first-order valence-electron chi connectivity index (χ1n) is 7.48. The van der Waals surface area contributed by atoms with E-state index in [9.17, 15) is 0 Å². The quantitative estimate of drug-likeness (QED) is 0.811. The van der Waals surface area contributed by atoms with Crippen molar-refractivity contribution in [2.24, 2.45) is 0 Å². The van der Waals surface area contributed by atoms with Crippen molar-refractivity contribution in [2.45, 2.75) is 52.1 Å². The van der Waals surface area contributed by atoms with E-state index in [2.05, 4.69) is 58.2 Å². The molecule has 0 radical (unpaired) electrons. The van der Waals surface area contributed by atoms with Gasteiger partial charge < -0.3 is 10.2 Å². The molecule has 1 aliphatic heterocycles. The van der Waals surface area contributed by atoms with Crippen LogP contribution in [-0.4, -0.2) is 19.1 Å². The molecule has 1 aromatic carbocycles. The minimum absolute atomic E-state index is 0.667. The van der Waals surface area contributed by atoms with Gasteiger partial charge in [-0.25, -0.2) is 0 Å². The van der Waals surface area contributed by atoms with Gasteiger partial charge >= 0.3 is 0 Å². The number of nitrogens with zero attached hydrogens (tertiary/aromatic N) is 1. The van der Waals surface area contributed by atoms with E-state index >= 15 is 0 Å². The predicted octanol–water partition coefficient (Wildman–Crippen LogP) is 4.33. The lowest BCUT2D eigenvalue weighted by Gasteiger charge is -2.37. The summed E-state index contributed by atoms with van der Waals surface area (Å²) in [6.07, 6.45) is 5.20. The molecule has 0 saturated carbocycles. The topological polar surface area (TPSA) is 15.3 Å². The first-order chi connectivity index (χ1) is 9.22. The highest BCUT2D eigenvalue weighted by molar-refractivity contribution is 9.10. The minimum atomic E-state index is 0.667. The third-order valence-electron chi connectivity index (χ3n) is 3.90. The van der Waals surface area contributed by atoms with E-state index < -0.39 is 0 Å². The fraction of sp³-hybridized carbons (Fsp3) is 0.625. The molecule has 0 spiro atoms. The smallest absolute Gasteiger partial charge is 0.0415 e. The summed E-state index contributed by atoms with van der Waals surface area (Å²) < 4.78 is 1.18. The van der Waals surface area contributed by atoms with Crippen LogP contribution in [0.3, 0.4) is 0 Å². The van der Waals surface area contributed by atoms with E-state index in [1.54, 1.807) is 0 Å². The zero-order valence-electron chi connectivity index (χ0n) is 12.1. The Kier molecular flexibility index (Phi) is 5.71. The number of anilines is 1. The largest absolute Gasteiger partial charge is 0.369 e. The van der Waals surface area contributed by atoms with Crippen molar-refractivity contribution in [1.29, 1.82) is 0 Å². The predicted molar refractivity (Wildman–Crippen MR) is 86.8 cm³/mol. The Morgan fingerprint density at radius 3 is 2.95 bits per heavy atom. The molecule has 1 aromatic rings. The maximum atomic E-state index is 3.60. The van der Waals surface area contributed by atoms with E-state index in [0.717, 1.165) is 13.1 Å². The van der Waals surface area contributed by atoms with Crippen molar-refractivity contribution in [3.8, 4) is 0 Å². The Morgan fingerprint density at radius 2 is 2.21 bits per heavy atom. The first kappa shape index (κ1) is 14.9. The van der Waals surface area contributed by atoms with Gasteiger partial charge in [-0.1, -0.05) is 22.9 Å². The van der Waals surface area contributed by atoms with Gasteiger partial charge in [-0.2, -0.15) is 0 Å². The van der Waals surface area contributed by atoms with Gasteiger partial charge in [-0.3, -0.25) is 0 Å². The van der Waals surface area contributed by atoms with Crippen LogP contribution in [0.1, 0.15) is 45.1 Å². The number of piperidine rings is 1. The maximum absolute atomic E-state index is 3.60. The molecule has 1 aliphatic rings. The van der Waals surface area contributed by atoms with Crippen molar-refractivity contribution >= 4 is 21.6 Å². The molecule has 0 bridgehead atoms. The highest BCUT2D eigenvalue weighted by atomic mass is 79.9. The molecule has 1 saturated heterocycles. The van der Waals surface area contributed by atoms with E-state index in [0.29, 0.717) is 6.04 Å². The molecule has 1 N–H and O–H groups in total. The fourth-order valence-electron chi connectivity index (χ4n) is 2.83. The first-order valence-corrected chi connectivity index (χ1v) is 8.27. The van der Waals surface area contributed by atoms with Crippen molar-refractivity contribution < 1.29 is 0 Å². The van der Waals surface area contributed by atoms with Gasteiger partial charge in [-0.15, -0.1) is 0 Å². The number of hydrogen-bond acceptors (Lipinski definition) is 2. The third-order valence-corrected chi connectivity index (χ3v) is 4.39. The highest BCUT2D eigenvalue weighted by Gasteiger charge is 2.20. The monoisotopic (exact) mass is 324 g/mol. The van der Waals surface area contributed by atoms with Crippen LogP contribution >= 0.6 is 15.9 Å². The van der Waals surface area contributed by atoms with Crippen LogP contribution in [0.15, 0.2) is 22.7 Å².